The van der Waals surface area contributed by atoms with Crippen molar-refractivity contribution in [2.24, 2.45) is 0 Å². The van der Waals surface area contributed by atoms with E-state index in [1.54, 1.807) is 24.3 Å². The van der Waals surface area contributed by atoms with Crippen molar-refractivity contribution in [3.63, 3.8) is 0 Å². The van der Waals surface area contributed by atoms with Crippen LogP contribution in [0.25, 0.3) is 43.1 Å². The molecule has 0 atom stereocenters. The third-order valence-electron chi connectivity index (χ3n) is 25.8. The number of unbranched alkanes of at least 4 members (excludes halogenated alkanes) is 48. The number of hydrogen-bond acceptors (Lipinski definition) is 12. The molecule has 0 saturated carbocycles. The molecule has 8 rings (SSSR count). The van der Waals surface area contributed by atoms with E-state index in [4.69, 9.17) is 0 Å². The molecular weight excluding hydrogens is 1870 g/mol. The van der Waals surface area contributed by atoms with Gasteiger partial charge in [0.25, 0.3) is 0 Å². The molecular formula is C112H172O12PbS4-4. The number of rotatable bonds is 68. The summed E-state index contributed by atoms with van der Waals surface area (Å²) in [5, 5.41) is 5.80. The van der Waals surface area contributed by atoms with Crippen LogP contribution in [0.2, 0.25) is 0 Å². The molecule has 0 aliphatic heterocycles. The monoisotopic (exact) mass is 2050 g/mol. The Balaban J connectivity index is 0.000000359. The van der Waals surface area contributed by atoms with Crippen LogP contribution >= 0.6 is 0 Å². The maximum Gasteiger partial charge on any atom is 0.125 e. The Labute approximate surface area is 807 Å². The quantitative estimate of drug-likeness (QED) is 0.0197. The van der Waals surface area contributed by atoms with Crippen LogP contribution in [-0.4, -0.2) is 79.2 Å². The molecule has 8 aromatic carbocycles. The van der Waals surface area contributed by atoms with E-state index in [0.717, 1.165) is 172 Å². The fraction of sp³-hybridized carbons (Fsp3) is 0.643. The van der Waals surface area contributed by atoms with Gasteiger partial charge in [0.2, 0.25) is 0 Å². The van der Waals surface area contributed by atoms with Crippen molar-refractivity contribution in [2.75, 3.05) is 0 Å². The molecule has 0 unspecified atom stereocenters. The summed E-state index contributed by atoms with van der Waals surface area (Å²) < 4.78 is 143. The zero-order valence-corrected chi connectivity index (χ0v) is 89.0. The van der Waals surface area contributed by atoms with Crippen LogP contribution in [-0.2, 0) is 91.8 Å². The van der Waals surface area contributed by atoms with E-state index in [-0.39, 0.29) is 46.9 Å². The minimum Gasteiger partial charge on any atom is -0.744 e. The Morgan fingerprint density at radius 2 is 0.279 bits per heavy atom. The van der Waals surface area contributed by atoms with Crippen molar-refractivity contribution in [2.45, 2.75) is 486 Å². The Kier molecular flexibility index (Phi) is 62.6. The molecule has 129 heavy (non-hydrogen) atoms. The molecule has 724 valence electrons. The van der Waals surface area contributed by atoms with Gasteiger partial charge in [-0.25, -0.2) is 33.7 Å². The van der Waals surface area contributed by atoms with Crippen LogP contribution < -0.4 is 0 Å². The van der Waals surface area contributed by atoms with Gasteiger partial charge in [0.05, 0.1) is 19.6 Å². The molecule has 4 radical (unpaired) electrons. The van der Waals surface area contributed by atoms with E-state index in [2.05, 4.69) is 104 Å². The van der Waals surface area contributed by atoms with E-state index < -0.39 is 40.5 Å². The molecule has 12 nitrogen and oxygen atoms in total. The minimum atomic E-state index is -4.49. The maximum absolute atomic E-state index is 11.9. The predicted octanol–water partition coefficient (Wildman–Crippen LogP) is 32.9. The molecule has 0 aliphatic rings. The van der Waals surface area contributed by atoms with Crippen molar-refractivity contribution in [1.29, 1.82) is 0 Å². The van der Waals surface area contributed by atoms with Gasteiger partial charge in [-0.1, -0.05) is 461 Å². The maximum atomic E-state index is 11.9. The molecule has 0 spiro atoms. The standard InChI is InChI=1S/4C28H44O3S.Pb/c4*1-3-5-7-9-11-13-15-17-24-19-20-27-26(21-24)22-25(23-28(27)32(29,30)31)18-16-14-12-10-8-6-4-2;/h4*19-23H,3-18H2,1-2H3,(H,29,30,31);/p-4. The van der Waals surface area contributed by atoms with Crippen molar-refractivity contribution >= 4 is 111 Å². The van der Waals surface area contributed by atoms with Crippen molar-refractivity contribution in [3.05, 3.63) is 166 Å². The zero-order valence-electron chi connectivity index (χ0n) is 81.8. The number of hydrogen-bond donors (Lipinski definition) is 0. The fourth-order valence-corrected chi connectivity index (χ4v) is 21.1. The number of fused-ring (bicyclic) bond motifs is 4. The second kappa shape index (κ2) is 69.2. The van der Waals surface area contributed by atoms with E-state index in [9.17, 15) is 51.9 Å². The summed E-state index contributed by atoms with van der Waals surface area (Å²) in [6.45, 7) is 17.9. The Morgan fingerprint density at radius 3 is 0.411 bits per heavy atom. The van der Waals surface area contributed by atoms with E-state index in [0.29, 0.717) is 21.5 Å². The van der Waals surface area contributed by atoms with Gasteiger partial charge in [0.15, 0.2) is 0 Å². The molecule has 0 aliphatic carbocycles. The second-order valence-electron chi connectivity index (χ2n) is 37.4. The van der Waals surface area contributed by atoms with Gasteiger partial charge in [0.1, 0.15) is 40.5 Å². The topological polar surface area (TPSA) is 229 Å². The first-order valence-electron chi connectivity index (χ1n) is 51.9. The molecule has 8 aromatic rings. The van der Waals surface area contributed by atoms with Gasteiger partial charge in [-0.15, -0.1) is 0 Å². The van der Waals surface area contributed by atoms with Gasteiger partial charge in [-0.3, -0.25) is 0 Å². The fourth-order valence-electron chi connectivity index (χ4n) is 18.1. The van der Waals surface area contributed by atoms with E-state index in [1.807, 2.05) is 48.5 Å². The summed E-state index contributed by atoms with van der Waals surface area (Å²) >= 11 is 0. The molecule has 0 amide bonds. The van der Waals surface area contributed by atoms with Gasteiger partial charge in [-0.2, -0.15) is 0 Å². The van der Waals surface area contributed by atoms with Crippen LogP contribution in [0.1, 0.15) is 459 Å². The SMILES string of the molecule is CCCCCCCCCc1ccc2c(S(=O)(=O)[O-])cc(CCCCCCCCC)cc2c1.CCCCCCCCCc1ccc2c(S(=O)(=O)[O-])cc(CCCCCCCCC)cc2c1.CCCCCCCCCc1ccc2c(S(=O)(=O)[O-])cc(CCCCCCCCC)cc2c1.CCCCCCCCCc1ccc2c(S(=O)(=O)[O-])cc(CCCCCCCCC)cc2c1.[Pb]. The first kappa shape index (κ1) is 117. The molecule has 17 heteroatoms. The summed E-state index contributed by atoms with van der Waals surface area (Å²) in [5.41, 5.74) is 8.78. The number of aryl methyl sites for hydroxylation is 8. The molecule has 0 saturated heterocycles. The van der Waals surface area contributed by atoms with E-state index >= 15 is 0 Å². The third kappa shape index (κ3) is 49.6. The average molecular weight is 2050 g/mol. The first-order chi connectivity index (χ1) is 61.8. The summed E-state index contributed by atoms with van der Waals surface area (Å²) in [7, 11) is -18.0. The van der Waals surface area contributed by atoms with Crippen LogP contribution in [0, 0.1) is 0 Å². The Hall–Kier alpha value is -4.64. The summed E-state index contributed by atoms with van der Waals surface area (Å²) in [6.07, 6.45) is 77.2. The predicted molar refractivity (Wildman–Crippen MR) is 547 cm³/mol. The van der Waals surface area contributed by atoms with Crippen LogP contribution in [0.15, 0.2) is 141 Å². The third-order valence-corrected chi connectivity index (χ3v) is 29.3. The zero-order chi connectivity index (χ0) is 92.9. The summed E-state index contributed by atoms with van der Waals surface area (Å²) in [6, 6.07) is 38.4. The van der Waals surface area contributed by atoms with Gasteiger partial charge in [-0.05, 0) is 215 Å². The first-order valence-corrected chi connectivity index (χ1v) is 57.5. The Bertz CT molecular complexity index is 4200. The van der Waals surface area contributed by atoms with Crippen LogP contribution in [0.4, 0.5) is 0 Å². The molecule has 0 aromatic heterocycles. The van der Waals surface area contributed by atoms with Crippen molar-refractivity contribution < 1.29 is 51.9 Å². The summed E-state index contributed by atoms with van der Waals surface area (Å²) in [5.74, 6) is 0. The normalized spacial score (nSPS) is 11.9. The minimum absolute atomic E-state index is 0. The Morgan fingerprint density at radius 1 is 0.163 bits per heavy atom. The van der Waals surface area contributed by atoms with E-state index in [1.165, 1.54) is 305 Å². The van der Waals surface area contributed by atoms with Gasteiger partial charge < -0.3 is 18.2 Å². The molecule has 0 N–H and O–H groups in total. The second-order valence-corrected chi connectivity index (χ2v) is 42.8. The molecule has 0 bridgehead atoms. The smallest absolute Gasteiger partial charge is 0.125 e. The van der Waals surface area contributed by atoms with Crippen molar-refractivity contribution in [3.8, 4) is 0 Å². The van der Waals surface area contributed by atoms with Crippen molar-refractivity contribution in [1.82, 2.24) is 0 Å². The molecule has 0 heterocycles. The average Bonchev–Trinajstić information content (AvgIpc) is 0.799. The van der Waals surface area contributed by atoms with Crippen LogP contribution in [0.3, 0.4) is 0 Å². The van der Waals surface area contributed by atoms with Gasteiger partial charge in [0, 0.05) is 27.3 Å². The summed E-state index contributed by atoms with van der Waals surface area (Å²) in [4.78, 5) is -0.239. The number of benzene rings is 8. The van der Waals surface area contributed by atoms with Crippen LogP contribution in [0.5, 0.6) is 0 Å². The van der Waals surface area contributed by atoms with Gasteiger partial charge >= 0.3 is 0 Å². The molecule has 0 fully saturated rings. The largest absolute Gasteiger partial charge is 0.744 e.